The fraction of sp³-hybridized carbons (Fsp3) is 0.296. The zero-order valence-corrected chi connectivity index (χ0v) is 19.4. The molecule has 0 aliphatic heterocycles. The second kappa shape index (κ2) is 13.0. The molecule has 3 N–H and O–H groups in total. The maximum absolute atomic E-state index is 12.4. The van der Waals surface area contributed by atoms with Gasteiger partial charge in [0.2, 0.25) is 5.78 Å². The Hall–Kier alpha value is -3.67. The van der Waals surface area contributed by atoms with Crippen LogP contribution in [0.4, 0.5) is 0 Å². The van der Waals surface area contributed by atoms with Crippen molar-refractivity contribution in [2.24, 2.45) is 0 Å². The molecule has 0 aliphatic carbocycles. The lowest BCUT2D eigenvalue weighted by molar-refractivity contribution is 0.103. The van der Waals surface area contributed by atoms with E-state index in [-0.39, 0.29) is 34.3 Å². The largest absolute Gasteiger partial charge is 0.508 e. The van der Waals surface area contributed by atoms with E-state index >= 15 is 0 Å². The van der Waals surface area contributed by atoms with Gasteiger partial charge in [0.1, 0.15) is 34.3 Å². The van der Waals surface area contributed by atoms with E-state index in [4.69, 9.17) is 14.6 Å². The standard InChI is InChI=1S/C15H14O4.C12H18O2/c1-18-11-8-12(16)14(13(9-11)19-2)15(17)10-6-4-3-5-7-10;1-2-3-4-5-6-10-7-8-11(13)9-12(10)14/h3-9,16H,1-2H3;7-9,13-14H,2-6H2,1H3. The minimum Gasteiger partial charge on any atom is -0.508 e. The molecule has 6 heteroatoms. The van der Waals surface area contributed by atoms with Gasteiger partial charge in [0.15, 0.2) is 0 Å². The highest BCUT2D eigenvalue weighted by Gasteiger charge is 2.20. The van der Waals surface area contributed by atoms with Gasteiger partial charge in [-0.05, 0) is 24.5 Å². The molecule has 0 spiro atoms. The smallest absolute Gasteiger partial charge is 0.200 e. The Morgan fingerprint density at radius 3 is 2.15 bits per heavy atom. The van der Waals surface area contributed by atoms with Crippen molar-refractivity contribution < 1.29 is 29.6 Å². The van der Waals surface area contributed by atoms with Gasteiger partial charge >= 0.3 is 0 Å². The molecule has 33 heavy (non-hydrogen) atoms. The van der Waals surface area contributed by atoms with Crippen LogP contribution in [0.5, 0.6) is 28.7 Å². The van der Waals surface area contributed by atoms with E-state index in [0.29, 0.717) is 11.3 Å². The molecule has 3 aromatic rings. The van der Waals surface area contributed by atoms with E-state index in [1.54, 1.807) is 42.5 Å². The van der Waals surface area contributed by atoms with Crippen molar-refractivity contribution in [3.05, 3.63) is 77.4 Å². The first-order valence-corrected chi connectivity index (χ1v) is 11.0. The summed E-state index contributed by atoms with van der Waals surface area (Å²) in [7, 11) is 2.92. The Morgan fingerprint density at radius 2 is 1.55 bits per heavy atom. The first-order valence-electron chi connectivity index (χ1n) is 11.0. The van der Waals surface area contributed by atoms with Crippen molar-refractivity contribution in [3.63, 3.8) is 0 Å². The fourth-order valence-electron chi connectivity index (χ4n) is 3.32. The third-order valence-electron chi connectivity index (χ3n) is 5.14. The average Bonchev–Trinajstić information content (AvgIpc) is 2.83. The normalized spacial score (nSPS) is 10.2. The number of methoxy groups -OCH3 is 2. The van der Waals surface area contributed by atoms with Crippen molar-refractivity contribution in [1.29, 1.82) is 0 Å². The number of ketones is 1. The molecule has 0 atom stereocenters. The van der Waals surface area contributed by atoms with Crippen LogP contribution in [0.2, 0.25) is 0 Å². The molecule has 0 amide bonds. The van der Waals surface area contributed by atoms with Gasteiger partial charge < -0.3 is 24.8 Å². The van der Waals surface area contributed by atoms with Gasteiger partial charge in [0.25, 0.3) is 0 Å². The van der Waals surface area contributed by atoms with Crippen LogP contribution in [0, 0.1) is 0 Å². The quantitative estimate of drug-likeness (QED) is 0.278. The summed E-state index contributed by atoms with van der Waals surface area (Å²) >= 11 is 0. The number of phenols is 3. The molecule has 0 saturated carbocycles. The molecule has 176 valence electrons. The van der Waals surface area contributed by atoms with Crippen molar-refractivity contribution >= 4 is 5.78 Å². The molecule has 3 aromatic carbocycles. The number of hydrogen-bond acceptors (Lipinski definition) is 6. The number of hydrogen-bond donors (Lipinski definition) is 3. The summed E-state index contributed by atoms with van der Waals surface area (Å²) in [5, 5.41) is 28.6. The van der Waals surface area contributed by atoms with Crippen LogP contribution in [-0.2, 0) is 6.42 Å². The SMILES string of the molecule is CCCCCCc1ccc(O)cc1O.COc1cc(O)c(C(=O)c2ccccc2)c(OC)c1. The second-order valence-electron chi connectivity index (χ2n) is 7.54. The number of ether oxygens (including phenoxy) is 2. The average molecular weight is 453 g/mol. The maximum atomic E-state index is 12.4. The summed E-state index contributed by atoms with van der Waals surface area (Å²) < 4.78 is 10.2. The summed E-state index contributed by atoms with van der Waals surface area (Å²) in [5.41, 5.74) is 1.55. The molecular formula is C27H32O6. The highest BCUT2D eigenvalue weighted by Crippen LogP contribution is 2.34. The second-order valence-corrected chi connectivity index (χ2v) is 7.54. The monoisotopic (exact) mass is 452 g/mol. The first-order chi connectivity index (χ1) is 15.9. The minimum absolute atomic E-state index is 0.125. The third kappa shape index (κ3) is 7.45. The molecule has 6 nitrogen and oxygen atoms in total. The third-order valence-corrected chi connectivity index (χ3v) is 5.14. The van der Waals surface area contributed by atoms with Crippen LogP contribution in [0.15, 0.2) is 60.7 Å². The van der Waals surface area contributed by atoms with Gasteiger partial charge in [-0.25, -0.2) is 0 Å². The lowest BCUT2D eigenvalue weighted by atomic mass is 10.0. The molecule has 0 aromatic heterocycles. The molecule has 0 aliphatic rings. The van der Waals surface area contributed by atoms with E-state index in [0.717, 1.165) is 18.4 Å². The number of benzene rings is 3. The highest BCUT2D eigenvalue weighted by atomic mass is 16.5. The van der Waals surface area contributed by atoms with Gasteiger partial charge in [-0.1, -0.05) is 62.6 Å². The number of carbonyl (C=O) groups is 1. The summed E-state index contributed by atoms with van der Waals surface area (Å²) in [4.78, 5) is 12.4. The molecular weight excluding hydrogens is 420 g/mol. The van der Waals surface area contributed by atoms with E-state index in [1.807, 2.05) is 6.07 Å². The fourth-order valence-corrected chi connectivity index (χ4v) is 3.32. The van der Waals surface area contributed by atoms with Gasteiger partial charge in [-0.2, -0.15) is 0 Å². The first kappa shape index (κ1) is 25.6. The lowest BCUT2D eigenvalue weighted by Crippen LogP contribution is -2.04. The number of unbranched alkanes of at least 4 members (excludes halogenated alkanes) is 3. The highest BCUT2D eigenvalue weighted by molar-refractivity contribution is 6.12. The Balaban J connectivity index is 0.000000245. The van der Waals surface area contributed by atoms with Crippen molar-refractivity contribution in [3.8, 4) is 28.7 Å². The van der Waals surface area contributed by atoms with Gasteiger partial charge in [-0.15, -0.1) is 0 Å². The van der Waals surface area contributed by atoms with Crippen LogP contribution >= 0.6 is 0 Å². The Morgan fingerprint density at radius 1 is 0.818 bits per heavy atom. The molecule has 3 rings (SSSR count). The van der Waals surface area contributed by atoms with Crippen LogP contribution in [0.3, 0.4) is 0 Å². The molecule has 0 saturated heterocycles. The molecule has 0 radical (unpaired) electrons. The summed E-state index contributed by atoms with van der Waals surface area (Å²) in [6, 6.07) is 16.5. The maximum Gasteiger partial charge on any atom is 0.200 e. The Bertz CT molecular complexity index is 1030. The lowest BCUT2D eigenvalue weighted by Gasteiger charge is -2.11. The van der Waals surface area contributed by atoms with Gasteiger partial charge in [0, 0.05) is 23.8 Å². The van der Waals surface area contributed by atoms with Crippen molar-refractivity contribution in [2.75, 3.05) is 14.2 Å². The zero-order valence-electron chi connectivity index (χ0n) is 19.4. The van der Waals surface area contributed by atoms with Gasteiger partial charge in [-0.3, -0.25) is 4.79 Å². The van der Waals surface area contributed by atoms with E-state index < -0.39 is 0 Å². The predicted molar refractivity (Wildman–Crippen MR) is 129 cm³/mol. The number of rotatable bonds is 9. The molecule has 0 fully saturated rings. The van der Waals surface area contributed by atoms with Crippen LogP contribution < -0.4 is 9.47 Å². The molecule has 0 unspecified atom stereocenters. The summed E-state index contributed by atoms with van der Waals surface area (Å²) in [6.07, 6.45) is 5.68. The van der Waals surface area contributed by atoms with Crippen molar-refractivity contribution in [1.82, 2.24) is 0 Å². The van der Waals surface area contributed by atoms with Crippen LogP contribution in [0.25, 0.3) is 0 Å². The minimum atomic E-state index is -0.294. The summed E-state index contributed by atoms with van der Waals surface area (Å²) in [5.74, 6) is 0.591. The zero-order chi connectivity index (χ0) is 24.2. The number of aromatic hydroxyl groups is 3. The number of carbonyl (C=O) groups excluding carboxylic acids is 1. The van der Waals surface area contributed by atoms with Gasteiger partial charge in [0.05, 0.1) is 14.2 Å². The summed E-state index contributed by atoms with van der Waals surface area (Å²) in [6.45, 7) is 2.18. The molecule has 0 heterocycles. The molecule has 0 bridgehead atoms. The Kier molecular flexibility index (Phi) is 10.1. The van der Waals surface area contributed by atoms with E-state index in [2.05, 4.69) is 6.92 Å². The van der Waals surface area contributed by atoms with Crippen LogP contribution in [-0.4, -0.2) is 35.3 Å². The van der Waals surface area contributed by atoms with Crippen molar-refractivity contribution in [2.45, 2.75) is 39.0 Å². The Labute approximate surface area is 195 Å². The van der Waals surface area contributed by atoms with E-state index in [1.165, 1.54) is 45.6 Å². The number of aryl methyl sites for hydroxylation is 1. The number of phenolic OH excluding ortho intramolecular Hbond substituents is 3. The predicted octanol–water partition coefficient (Wildman–Crippen LogP) is 5.86. The van der Waals surface area contributed by atoms with Crippen LogP contribution in [0.1, 0.15) is 54.1 Å². The van der Waals surface area contributed by atoms with E-state index in [9.17, 15) is 15.0 Å². The topological polar surface area (TPSA) is 96.2 Å².